The maximum Gasteiger partial charge on any atom is 0.225 e. The quantitative estimate of drug-likeness (QED) is 0.922. The first-order valence-electron chi connectivity index (χ1n) is 8.38. The summed E-state index contributed by atoms with van der Waals surface area (Å²) < 4.78 is 3.85. The number of carbonyl (C=O) groups excluding carboxylic acids is 1. The summed E-state index contributed by atoms with van der Waals surface area (Å²) in [5.74, 6) is 0.855. The first kappa shape index (κ1) is 15.8. The third-order valence-electron chi connectivity index (χ3n) is 4.87. The van der Waals surface area contributed by atoms with E-state index in [0.717, 1.165) is 36.5 Å². The van der Waals surface area contributed by atoms with Crippen LogP contribution in [0, 0.1) is 13.8 Å². The fourth-order valence-electron chi connectivity index (χ4n) is 3.48. The summed E-state index contributed by atoms with van der Waals surface area (Å²) in [4.78, 5) is 12.3. The molecular weight excluding hydrogens is 290 g/mol. The Balaban J connectivity index is 1.61. The van der Waals surface area contributed by atoms with Crippen LogP contribution in [0.1, 0.15) is 55.1 Å². The molecule has 0 aliphatic heterocycles. The molecule has 6 nitrogen and oxygen atoms in total. The van der Waals surface area contributed by atoms with Gasteiger partial charge in [0.05, 0.1) is 17.9 Å². The molecule has 1 saturated carbocycles. The third kappa shape index (κ3) is 3.30. The van der Waals surface area contributed by atoms with Gasteiger partial charge in [0.2, 0.25) is 5.91 Å². The van der Waals surface area contributed by atoms with E-state index < -0.39 is 0 Å². The van der Waals surface area contributed by atoms with Crippen molar-refractivity contribution in [3.8, 4) is 0 Å². The van der Waals surface area contributed by atoms with Crippen LogP contribution in [-0.2, 0) is 18.3 Å². The Kier molecular flexibility index (Phi) is 4.50. The molecule has 1 amide bonds. The number of hydrogen-bond acceptors (Lipinski definition) is 3. The SMILES string of the molecule is Cc1nn(C)c(C)c1CCC(=O)Nc1ccnn1C1CCCC1. The van der Waals surface area contributed by atoms with Gasteiger partial charge < -0.3 is 5.32 Å². The van der Waals surface area contributed by atoms with E-state index >= 15 is 0 Å². The zero-order valence-corrected chi connectivity index (χ0v) is 14.2. The van der Waals surface area contributed by atoms with E-state index in [0.29, 0.717) is 12.5 Å². The van der Waals surface area contributed by atoms with Crippen LogP contribution >= 0.6 is 0 Å². The van der Waals surface area contributed by atoms with Crippen LogP contribution in [0.15, 0.2) is 12.3 Å². The minimum absolute atomic E-state index is 0.0346. The molecule has 1 aliphatic rings. The second kappa shape index (κ2) is 6.56. The van der Waals surface area contributed by atoms with Crippen LogP contribution in [0.25, 0.3) is 0 Å². The molecule has 0 unspecified atom stereocenters. The maximum absolute atomic E-state index is 12.3. The molecular formula is C17H25N5O. The summed E-state index contributed by atoms with van der Waals surface area (Å²) in [7, 11) is 1.94. The Morgan fingerprint density at radius 2 is 2.09 bits per heavy atom. The smallest absolute Gasteiger partial charge is 0.225 e. The fraction of sp³-hybridized carbons (Fsp3) is 0.588. The predicted octanol–water partition coefficient (Wildman–Crippen LogP) is 2.92. The molecule has 2 heterocycles. The highest BCUT2D eigenvalue weighted by atomic mass is 16.1. The summed E-state index contributed by atoms with van der Waals surface area (Å²) in [5.41, 5.74) is 3.31. The van der Waals surface area contributed by atoms with Gasteiger partial charge in [0, 0.05) is 25.2 Å². The standard InChI is InChI=1S/C17H25N5O/c1-12-15(13(2)21(3)20-12)8-9-17(23)19-16-10-11-18-22(16)14-6-4-5-7-14/h10-11,14H,4-9H2,1-3H3,(H,19,23). The highest BCUT2D eigenvalue weighted by Crippen LogP contribution is 2.31. The van der Waals surface area contributed by atoms with Gasteiger partial charge in [-0.3, -0.25) is 9.48 Å². The van der Waals surface area contributed by atoms with Gasteiger partial charge in [-0.05, 0) is 38.7 Å². The van der Waals surface area contributed by atoms with Gasteiger partial charge in [0.25, 0.3) is 0 Å². The number of amides is 1. The van der Waals surface area contributed by atoms with Crippen molar-refractivity contribution < 1.29 is 4.79 Å². The molecule has 0 radical (unpaired) electrons. The lowest BCUT2D eigenvalue weighted by molar-refractivity contribution is -0.116. The first-order valence-corrected chi connectivity index (χ1v) is 8.38. The Labute approximate surface area is 136 Å². The molecule has 3 rings (SSSR count). The molecule has 2 aromatic heterocycles. The molecule has 124 valence electrons. The second-order valence-corrected chi connectivity index (χ2v) is 6.42. The summed E-state index contributed by atoms with van der Waals surface area (Å²) in [5, 5.41) is 11.8. The number of anilines is 1. The van der Waals surface area contributed by atoms with Gasteiger partial charge in [0.1, 0.15) is 5.82 Å². The van der Waals surface area contributed by atoms with Gasteiger partial charge >= 0.3 is 0 Å². The summed E-state index contributed by atoms with van der Waals surface area (Å²) in [6.07, 6.45) is 7.74. The monoisotopic (exact) mass is 315 g/mol. The molecule has 1 N–H and O–H groups in total. The number of aromatic nitrogens is 4. The van der Waals surface area contributed by atoms with E-state index in [4.69, 9.17) is 0 Å². The largest absolute Gasteiger partial charge is 0.311 e. The van der Waals surface area contributed by atoms with E-state index in [9.17, 15) is 4.79 Å². The van der Waals surface area contributed by atoms with Crippen molar-refractivity contribution in [3.63, 3.8) is 0 Å². The first-order chi connectivity index (χ1) is 11.1. The Bertz CT molecular complexity index is 694. The topological polar surface area (TPSA) is 64.7 Å². The number of aryl methyl sites for hydroxylation is 2. The molecule has 0 atom stereocenters. The average molecular weight is 315 g/mol. The lowest BCUT2D eigenvalue weighted by Crippen LogP contribution is -2.18. The molecule has 0 bridgehead atoms. The molecule has 0 aromatic carbocycles. The van der Waals surface area contributed by atoms with Crippen molar-refractivity contribution in [2.24, 2.45) is 7.05 Å². The zero-order valence-electron chi connectivity index (χ0n) is 14.2. The molecule has 1 fully saturated rings. The van der Waals surface area contributed by atoms with Crippen LogP contribution in [0.5, 0.6) is 0 Å². The van der Waals surface area contributed by atoms with E-state index in [-0.39, 0.29) is 5.91 Å². The summed E-state index contributed by atoms with van der Waals surface area (Å²) in [6.45, 7) is 4.04. The number of hydrogen-bond donors (Lipinski definition) is 1. The van der Waals surface area contributed by atoms with Gasteiger partial charge in [-0.1, -0.05) is 12.8 Å². The third-order valence-corrected chi connectivity index (χ3v) is 4.87. The van der Waals surface area contributed by atoms with Crippen LogP contribution < -0.4 is 5.32 Å². The van der Waals surface area contributed by atoms with Gasteiger partial charge in [-0.2, -0.15) is 10.2 Å². The van der Waals surface area contributed by atoms with Crippen molar-refractivity contribution in [1.29, 1.82) is 0 Å². The molecule has 6 heteroatoms. The molecule has 23 heavy (non-hydrogen) atoms. The van der Waals surface area contributed by atoms with E-state index in [1.807, 2.05) is 36.3 Å². The van der Waals surface area contributed by atoms with Crippen LogP contribution in [0.4, 0.5) is 5.82 Å². The van der Waals surface area contributed by atoms with Gasteiger partial charge in [-0.25, -0.2) is 4.68 Å². The van der Waals surface area contributed by atoms with Crippen LogP contribution in [0.2, 0.25) is 0 Å². The normalized spacial score (nSPS) is 15.3. The van der Waals surface area contributed by atoms with E-state index in [1.54, 1.807) is 6.20 Å². The molecule has 1 aliphatic carbocycles. The predicted molar refractivity (Wildman–Crippen MR) is 89.4 cm³/mol. The van der Waals surface area contributed by atoms with Crippen molar-refractivity contribution >= 4 is 11.7 Å². The summed E-state index contributed by atoms with van der Waals surface area (Å²) >= 11 is 0. The lowest BCUT2D eigenvalue weighted by atomic mass is 10.1. The second-order valence-electron chi connectivity index (χ2n) is 6.42. The van der Waals surface area contributed by atoms with Crippen LogP contribution in [-0.4, -0.2) is 25.5 Å². The van der Waals surface area contributed by atoms with E-state index in [1.165, 1.54) is 18.4 Å². The highest BCUT2D eigenvalue weighted by molar-refractivity contribution is 5.90. The molecule has 0 saturated heterocycles. The Morgan fingerprint density at radius 1 is 1.35 bits per heavy atom. The number of rotatable bonds is 5. The van der Waals surface area contributed by atoms with Gasteiger partial charge in [0.15, 0.2) is 0 Å². The minimum Gasteiger partial charge on any atom is -0.311 e. The lowest BCUT2D eigenvalue weighted by Gasteiger charge is -2.14. The fourth-order valence-corrected chi connectivity index (χ4v) is 3.48. The van der Waals surface area contributed by atoms with Crippen molar-refractivity contribution in [3.05, 3.63) is 29.2 Å². The number of nitrogens with one attached hydrogen (secondary N) is 1. The van der Waals surface area contributed by atoms with Gasteiger partial charge in [-0.15, -0.1) is 0 Å². The highest BCUT2D eigenvalue weighted by Gasteiger charge is 2.20. The minimum atomic E-state index is 0.0346. The average Bonchev–Trinajstić information content (AvgIpc) is 3.21. The van der Waals surface area contributed by atoms with Crippen molar-refractivity contribution in [2.75, 3.05) is 5.32 Å². The maximum atomic E-state index is 12.3. The van der Waals surface area contributed by atoms with Crippen LogP contribution in [0.3, 0.4) is 0 Å². The Hall–Kier alpha value is -2.11. The molecule has 0 spiro atoms. The number of nitrogens with zero attached hydrogens (tertiary/aromatic N) is 4. The van der Waals surface area contributed by atoms with Crippen molar-refractivity contribution in [2.45, 2.75) is 58.4 Å². The van der Waals surface area contributed by atoms with Crippen molar-refractivity contribution in [1.82, 2.24) is 19.6 Å². The summed E-state index contributed by atoms with van der Waals surface area (Å²) in [6, 6.07) is 2.32. The van der Waals surface area contributed by atoms with E-state index in [2.05, 4.69) is 15.5 Å². The molecule has 2 aromatic rings. The zero-order chi connectivity index (χ0) is 16.4. The number of carbonyl (C=O) groups is 1. The Morgan fingerprint density at radius 3 is 2.74 bits per heavy atom.